The summed E-state index contributed by atoms with van der Waals surface area (Å²) < 4.78 is 51.8. The second-order valence-corrected chi connectivity index (χ2v) is 16.5. The number of aromatic nitrogens is 6. The molecule has 0 bridgehead atoms. The van der Waals surface area contributed by atoms with E-state index in [-0.39, 0.29) is 93.2 Å². The van der Waals surface area contributed by atoms with Crippen molar-refractivity contribution in [3.8, 4) is 0 Å². The molecule has 2 fully saturated rings. The van der Waals surface area contributed by atoms with E-state index in [9.17, 15) is 32.8 Å². The van der Waals surface area contributed by atoms with Crippen molar-refractivity contribution < 1.29 is 56.9 Å². The number of benzene rings is 2. The fourth-order valence-electron chi connectivity index (χ4n) is 6.55. The number of morpholine rings is 2. The second kappa shape index (κ2) is 23.9. The highest BCUT2D eigenvalue weighted by Gasteiger charge is 2.23. The number of rotatable bonds is 24. The van der Waals surface area contributed by atoms with Crippen molar-refractivity contribution in [2.75, 3.05) is 122 Å². The number of nitrogens with one attached hydrogen (secondary N) is 2. The molecule has 6 rings (SSSR count). The van der Waals surface area contributed by atoms with E-state index in [0.29, 0.717) is 86.7 Å². The lowest BCUT2D eigenvalue weighted by Gasteiger charge is -2.28. The van der Waals surface area contributed by atoms with Gasteiger partial charge in [0.2, 0.25) is 47.5 Å². The zero-order valence-corrected chi connectivity index (χ0v) is 37.1. The number of primary amides is 2. The van der Waals surface area contributed by atoms with Gasteiger partial charge in [-0.1, -0.05) is 29.3 Å². The van der Waals surface area contributed by atoms with Gasteiger partial charge >= 0.3 is 0 Å². The fourth-order valence-corrected chi connectivity index (χ4v) is 7.77. The number of aliphatic hydroxyl groups is 2. The Labute approximate surface area is 382 Å². The Hall–Kier alpha value is -6.08. The van der Waals surface area contributed by atoms with Crippen LogP contribution in [0.25, 0.3) is 12.2 Å². The fraction of sp³-hybridized carbons (Fsp3) is 0.421. The number of nitrogens with zero attached hydrogens (tertiary/aromatic N) is 10. The molecule has 28 heteroatoms. The van der Waals surface area contributed by atoms with Gasteiger partial charge in [-0.3, -0.25) is 14.1 Å². The van der Waals surface area contributed by atoms with Gasteiger partial charge in [0.1, 0.15) is 4.90 Å². The van der Waals surface area contributed by atoms with Crippen LogP contribution in [0.15, 0.2) is 46.2 Å². The van der Waals surface area contributed by atoms with Gasteiger partial charge in [0.05, 0.1) is 51.7 Å². The summed E-state index contributed by atoms with van der Waals surface area (Å²) in [5.74, 6) is -0.0727. The Balaban J connectivity index is 1.29. The topological polar surface area (TPSA) is 353 Å². The van der Waals surface area contributed by atoms with E-state index in [1.54, 1.807) is 40.1 Å². The number of anilines is 8. The first-order chi connectivity index (χ1) is 31.8. The number of carbonyl (C=O) groups is 2. The summed E-state index contributed by atoms with van der Waals surface area (Å²) in [6, 6.07) is 9.11. The number of aliphatic hydroxyl groups excluding tert-OH is 2. The number of carbonyl (C=O) groups excluding carboxylic acids is 2. The highest BCUT2D eigenvalue weighted by atomic mass is 32.2. The molecule has 10 N–H and O–H groups in total. The maximum atomic E-state index is 12.8. The number of hydrogen-bond acceptors (Lipinski definition) is 24. The Morgan fingerprint density at radius 1 is 0.727 bits per heavy atom. The van der Waals surface area contributed by atoms with E-state index in [1.807, 2.05) is 9.80 Å². The molecule has 66 heavy (non-hydrogen) atoms. The lowest BCUT2D eigenvalue weighted by molar-refractivity contribution is -0.432. The van der Waals surface area contributed by atoms with Crippen LogP contribution in [-0.2, 0) is 38.6 Å². The molecule has 2 aliphatic rings. The van der Waals surface area contributed by atoms with Crippen LogP contribution >= 0.6 is 12.0 Å². The quantitative estimate of drug-likeness (QED) is 0.0155. The SMILES string of the molecule is NC(=O)CCN(CCO)c1nc(Nc2ccc(/C=C/c3ccc(Nc4nc(N5CCOCC5)nc(N(CCO)CCC(N)=O)n4)cc3S(=O)(=O)O)c(SOOO)c2)nc(N2CCOCC2)n1. The third kappa shape index (κ3) is 14.2. The molecular weight excluding hydrogens is 909 g/mol. The molecule has 0 unspecified atom stereocenters. The van der Waals surface area contributed by atoms with Crippen molar-refractivity contribution >= 4 is 93.2 Å². The monoisotopic (exact) mass is 958 g/mol. The molecule has 356 valence electrons. The minimum Gasteiger partial charge on any atom is -0.395 e. The first kappa shape index (κ1) is 49.4. The van der Waals surface area contributed by atoms with Crippen molar-refractivity contribution in [3.05, 3.63) is 47.5 Å². The molecule has 0 saturated carbocycles. The van der Waals surface area contributed by atoms with E-state index in [0.717, 1.165) is 0 Å². The van der Waals surface area contributed by atoms with E-state index in [1.165, 1.54) is 18.2 Å². The molecule has 0 radical (unpaired) electrons. The highest BCUT2D eigenvalue weighted by Crippen LogP contribution is 2.32. The third-order valence-electron chi connectivity index (χ3n) is 9.79. The van der Waals surface area contributed by atoms with E-state index in [4.69, 9.17) is 30.5 Å². The van der Waals surface area contributed by atoms with E-state index in [2.05, 4.69) is 45.6 Å². The maximum absolute atomic E-state index is 12.8. The zero-order chi connectivity index (χ0) is 47.1. The second-order valence-electron chi connectivity index (χ2n) is 14.4. The predicted molar refractivity (Wildman–Crippen MR) is 241 cm³/mol. The summed E-state index contributed by atoms with van der Waals surface area (Å²) in [5, 5.41) is 38.5. The van der Waals surface area contributed by atoms with Gasteiger partial charge in [0.25, 0.3) is 10.1 Å². The minimum atomic E-state index is -4.83. The molecule has 4 heterocycles. The number of ether oxygens (including phenoxy) is 2. The summed E-state index contributed by atoms with van der Waals surface area (Å²) in [7, 11) is -4.83. The summed E-state index contributed by atoms with van der Waals surface area (Å²) in [6.07, 6.45) is 2.93. The Bertz CT molecular complexity index is 2430. The van der Waals surface area contributed by atoms with E-state index < -0.39 is 26.8 Å². The van der Waals surface area contributed by atoms with Crippen molar-refractivity contribution in [1.29, 1.82) is 0 Å². The maximum Gasteiger partial charge on any atom is 0.295 e. The molecule has 2 aromatic heterocycles. The molecule has 2 saturated heterocycles. The highest BCUT2D eigenvalue weighted by molar-refractivity contribution is 7.94. The summed E-state index contributed by atoms with van der Waals surface area (Å²) in [6.45, 7) is 3.61. The average molecular weight is 959 g/mol. The van der Waals surface area contributed by atoms with Gasteiger partial charge in [0.15, 0.2) is 0 Å². The first-order valence-electron chi connectivity index (χ1n) is 20.4. The molecule has 0 aliphatic carbocycles. The van der Waals surface area contributed by atoms with Crippen LogP contribution in [0.2, 0.25) is 0 Å². The predicted octanol–water partition coefficient (Wildman–Crippen LogP) is 0.411. The molecule has 0 spiro atoms. The van der Waals surface area contributed by atoms with Crippen LogP contribution < -0.4 is 41.7 Å². The van der Waals surface area contributed by atoms with Gasteiger partial charge < -0.3 is 61.4 Å². The zero-order valence-electron chi connectivity index (χ0n) is 35.4. The summed E-state index contributed by atoms with van der Waals surface area (Å²) in [5.41, 5.74) is 11.9. The van der Waals surface area contributed by atoms with Crippen molar-refractivity contribution in [1.82, 2.24) is 29.9 Å². The van der Waals surface area contributed by atoms with Crippen LogP contribution in [-0.4, -0.2) is 162 Å². The molecule has 26 nitrogen and oxygen atoms in total. The molecule has 0 atom stereocenters. The average Bonchev–Trinajstić information content (AvgIpc) is 3.30. The largest absolute Gasteiger partial charge is 0.395 e. The number of hydrogen-bond donors (Lipinski definition) is 8. The number of nitrogens with two attached hydrogens (primary N) is 2. The van der Waals surface area contributed by atoms with E-state index >= 15 is 0 Å². The number of amides is 2. The first-order valence-corrected chi connectivity index (χ1v) is 22.6. The molecule has 2 aromatic carbocycles. The summed E-state index contributed by atoms with van der Waals surface area (Å²) >= 11 is 0.626. The summed E-state index contributed by atoms with van der Waals surface area (Å²) in [4.78, 5) is 57.5. The van der Waals surface area contributed by atoms with Crippen LogP contribution in [0.4, 0.5) is 47.1 Å². The Morgan fingerprint density at radius 2 is 1.20 bits per heavy atom. The van der Waals surface area contributed by atoms with Gasteiger partial charge in [-0.15, -0.1) is 4.33 Å². The van der Waals surface area contributed by atoms with Crippen molar-refractivity contribution in [3.63, 3.8) is 0 Å². The van der Waals surface area contributed by atoms with Crippen LogP contribution in [0.5, 0.6) is 0 Å². The molecule has 4 aromatic rings. The molecule has 2 aliphatic heterocycles. The van der Waals surface area contributed by atoms with Crippen LogP contribution in [0.3, 0.4) is 0 Å². The lowest BCUT2D eigenvalue weighted by atomic mass is 10.1. The minimum absolute atomic E-state index is 0.00540. The van der Waals surface area contributed by atoms with Gasteiger partial charge in [-0.25, -0.2) is 5.26 Å². The van der Waals surface area contributed by atoms with Crippen LogP contribution in [0.1, 0.15) is 24.0 Å². The standard InChI is InChI=1S/C38H50N14O12S2/c39-31(55)7-9-49(11-17-53)35-43-33(45-37(47-35)51-13-19-61-20-14-51)41-27-5-3-25(29(23-27)65-64-63-57)1-2-26-4-6-28(24-30(26)66(58,59)60)42-34-44-36(50(12-18-54)10-8-32(40)56)48-38(46-34)52-15-21-62-22-16-52/h1-6,23-24,53-54,57H,7-22H2,(H2,39,55)(H2,40,56)(H,58,59,60)(H,41,43,45,47)(H,42,44,46,48)/b2-1+. The lowest BCUT2D eigenvalue weighted by Crippen LogP contribution is -2.38. The van der Waals surface area contributed by atoms with Crippen molar-refractivity contribution in [2.45, 2.75) is 22.6 Å². The Morgan fingerprint density at radius 3 is 1.65 bits per heavy atom. The molecular formula is C38H50N14O12S2. The van der Waals surface area contributed by atoms with Crippen molar-refractivity contribution in [2.24, 2.45) is 11.5 Å². The Kier molecular flexibility index (Phi) is 17.9. The van der Waals surface area contributed by atoms with Gasteiger partial charge in [-0.05, 0) is 35.4 Å². The van der Waals surface area contributed by atoms with Gasteiger partial charge in [0, 0.05) is 81.5 Å². The third-order valence-corrected chi connectivity index (χ3v) is 11.4. The van der Waals surface area contributed by atoms with Crippen LogP contribution in [0, 0.1) is 0 Å². The molecule has 2 amide bonds. The smallest absolute Gasteiger partial charge is 0.295 e. The normalized spacial score (nSPS) is 14.4. The van der Waals surface area contributed by atoms with Gasteiger partial charge in [-0.2, -0.15) is 38.3 Å².